The predicted octanol–water partition coefficient (Wildman–Crippen LogP) is 3.14. The number of hydrogen-bond donors (Lipinski definition) is 1. The molecule has 0 radical (unpaired) electrons. The fourth-order valence-electron chi connectivity index (χ4n) is 2.95. The van der Waals surface area contributed by atoms with Gasteiger partial charge in [-0.15, -0.1) is 11.3 Å². The van der Waals surface area contributed by atoms with Gasteiger partial charge in [0.2, 0.25) is 5.91 Å². The molecule has 1 aromatic carbocycles. The fraction of sp³-hybridized carbons (Fsp3) is 0.316. The summed E-state index contributed by atoms with van der Waals surface area (Å²) in [5.74, 6) is -0.938. The molecule has 0 bridgehead atoms. The number of nitrogens with one attached hydrogen (secondary N) is 1. The molecule has 0 saturated heterocycles. The smallest absolute Gasteiger partial charge is 0.341 e. The first-order chi connectivity index (χ1) is 12.4. The van der Waals surface area contributed by atoms with Crippen molar-refractivity contribution in [2.24, 2.45) is 0 Å². The maximum Gasteiger partial charge on any atom is 0.341 e. The number of ether oxygens (including phenoxy) is 1. The summed E-state index contributed by atoms with van der Waals surface area (Å²) in [6.45, 7) is 6.07. The highest BCUT2D eigenvalue weighted by Gasteiger charge is 2.29. The van der Waals surface area contributed by atoms with Crippen LogP contribution < -0.4 is 5.32 Å². The highest BCUT2D eigenvalue weighted by molar-refractivity contribution is 7.16. The van der Waals surface area contributed by atoms with Gasteiger partial charge in [-0.25, -0.2) is 4.79 Å². The molecule has 2 amide bonds. The largest absolute Gasteiger partial charge is 0.462 e. The zero-order valence-corrected chi connectivity index (χ0v) is 15.7. The van der Waals surface area contributed by atoms with Crippen molar-refractivity contribution in [1.29, 1.82) is 0 Å². The molecule has 2 aromatic rings. The molecule has 26 heavy (non-hydrogen) atoms. The van der Waals surface area contributed by atoms with Gasteiger partial charge in [0.05, 0.1) is 12.2 Å². The third-order valence-electron chi connectivity index (χ3n) is 4.35. The lowest BCUT2D eigenvalue weighted by molar-refractivity contribution is -0.116. The van der Waals surface area contributed by atoms with Crippen LogP contribution in [0.5, 0.6) is 0 Å². The van der Waals surface area contributed by atoms with Crippen LogP contribution >= 0.6 is 11.3 Å². The summed E-state index contributed by atoms with van der Waals surface area (Å²) in [5, 5.41) is 3.24. The summed E-state index contributed by atoms with van der Waals surface area (Å²) in [5.41, 5.74) is 2.74. The summed E-state index contributed by atoms with van der Waals surface area (Å²) in [4.78, 5) is 39.5. The minimum atomic E-state index is -0.450. The van der Waals surface area contributed by atoms with Gasteiger partial charge in [-0.3, -0.25) is 9.59 Å². The van der Waals surface area contributed by atoms with Gasteiger partial charge in [-0.05, 0) is 38.0 Å². The van der Waals surface area contributed by atoms with Gasteiger partial charge < -0.3 is 15.0 Å². The number of carbonyl (C=O) groups is 3. The number of aryl methyl sites for hydroxylation is 1. The lowest BCUT2D eigenvalue weighted by Crippen LogP contribution is -2.33. The maximum atomic E-state index is 12.5. The number of anilines is 1. The van der Waals surface area contributed by atoms with Crippen molar-refractivity contribution >= 4 is 34.1 Å². The van der Waals surface area contributed by atoms with Crippen LogP contribution in [0.4, 0.5) is 5.00 Å². The molecule has 3 rings (SSSR count). The lowest BCUT2D eigenvalue weighted by Gasteiger charge is -2.15. The number of esters is 1. The number of thiophene rings is 1. The van der Waals surface area contributed by atoms with E-state index in [9.17, 15) is 14.4 Å². The molecule has 2 heterocycles. The van der Waals surface area contributed by atoms with Gasteiger partial charge in [0.25, 0.3) is 5.91 Å². The van der Waals surface area contributed by atoms with E-state index in [-0.39, 0.29) is 25.0 Å². The van der Waals surface area contributed by atoms with Crippen LogP contribution in [0.2, 0.25) is 0 Å². The molecule has 1 N–H and O–H groups in total. The highest BCUT2D eigenvalue weighted by Crippen LogP contribution is 2.33. The van der Waals surface area contributed by atoms with Crippen molar-refractivity contribution in [3.8, 4) is 0 Å². The molecule has 6 nitrogen and oxygen atoms in total. The third kappa shape index (κ3) is 3.35. The summed E-state index contributed by atoms with van der Waals surface area (Å²) in [7, 11) is 0. The number of benzene rings is 1. The first-order valence-electron chi connectivity index (χ1n) is 8.36. The van der Waals surface area contributed by atoms with Crippen molar-refractivity contribution in [2.45, 2.75) is 27.3 Å². The number of fused-ring (bicyclic) bond motifs is 1. The lowest BCUT2D eigenvalue weighted by atomic mass is 10.1. The summed E-state index contributed by atoms with van der Waals surface area (Å²) >= 11 is 1.33. The van der Waals surface area contributed by atoms with Crippen molar-refractivity contribution < 1.29 is 19.1 Å². The number of carbonyl (C=O) groups excluding carboxylic acids is 3. The Morgan fingerprint density at radius 1 is 1.27 bits per heavy atom. The molecule has 7 heteroatoms. The molecular weight excluding hydrogens is 352 g/mol. The zero-order valence-electron chi connectivity index (χ0n) is 14.9. The van der Waals surface area contributed by atoms with Crippen molar-refractivity contribution in [2.75, 3.05) is 18.5 Å². The van der Waals surface area contributed by atoms with Gasteiger partial charge in [-0.1, -0.05) is 18.2 Å². The van der Waals surface area contributed by atoms with Crippen LogP contribution in [-0.2, 0) is 16.1 Å². The quantitative estimate of drug-likeness (QED) is 0.818. The minimum Gasteiger partial charge on any atom is -0.462 e. The van der Waals surface area contributed by atoms with Gasteiger partial charge in [-0.2, -0.15) is 0 Å². The monoisotopic (exact) mass is 372 g/mol. The molecule has 0 unspecified atom stereocenters. The first-order valence-corrected chi connectivity index (χ1v) is 9.18. The van der Waals surface area contributed by atoms with Gasteiger partial charge in [0.1, 0.15) is 11.5 Å². The summed E-state index contributed by atoms with van der Waals surface area (Å²) < 4.78 is 5.09. The first kappa shape index (κ1) is 18.1. The van der Waals surface area contributed by atoms with E-state index in [0.717, 1.165) is 16.0 Å². The van der Waals surface area contributed by atoms with Gasteiger partial charge in [0.15, 0.2) is 0 Å². The molecule has 1 aliphatic heterocycles. The molecular formula is C19H20N2O4S. The SMILES string of the molecule is CCOC(=O)c1c(NC(=O)CN2Cc3ccccc3C2=O)sc(C)c1C. The normalized spacial score (nSPS) is 12.9. The van der Waals surface area contributed by atoms with E-state index in [0.29, 0.717) is 22.7 Å². The summed E-state index contributed by atoms with van der Waals surface area (Å²) in [6, 6.07) is 7.33. The third-order valence-corrected chi connectivity index (χ3v) is 5.47. The van der Waals surface area contributed by atoms with Crippen LogP contribution in [0.25, 0.3) is 0 Å². The van der Waals surface area contributed by atoms with Crippen LogP contribution in [-0.4, -0.2) is 35.8 Å². The van der Waals surface area contributed by atoms with Crippen molar-refractivity contribution in [3.63, 3.8) is 0 Å². The Kier molecular flexibility index (Phi) is 5.08. The van der Waals surface area contributed by atoms with Gasteiger partial charge >= 0.3 is 5.97 Å². The molecule has 0 atom stereocenters. The molecule has 136 valence electrons. The van der Waals surface area contributed by atoms with Crippen LogP contribution in [0.3, 0.4) is 0 Å². The molecule has 0 saturated carbocycles. The predicted molar refractivity (Wildman–Crippen MR) is 99.6 cm³/mol. The van der Waals surface area contributed by atoms with E-state index >= 15 is 0 Å². The topological polar surface area (TPSA) is 75.7 Å². The van der Waals surface area contributed by atoms with Crippen LogP contribution in [0.15, 0.2) is 24.3 Å². The molecule has 0 aliphatic carbocycles. The van der Waals surface area contributed by atoms with Gasteiger partial charge in [0, 0.05) is 17.0 Å². The Balaban J connectivity index is 1.73. The standard InChI is InChI=1S/C19H20N2O4S/c1-4-25-19(24)16-11(2)12(3)26-17(16)20-15(22)10-21-9-13-7-5-6-8-14(13)18(21)23/h5-8H,4,9-10H2,1-3H3,(H,20,22). The molecule has 0 fully saturated rings. The average Bonchev–Trinajstić information content (AvgIpc) is 3.05. The molecule has 1 aromatic heterocycles. The van der Waals surface area contributed by atoms with Crippen LogP contribution in [0, 0.1) is 13.8 Å². The van der Waals surface area contributed by atoms with Crippen molar-refractivity contribution in [3.05, 3.63) is 51.4 Å². The van der Waals surface area contributed by atoms with E-state index in [1.807, 2.05) is 32.0 Å². The number of rotatable bonds is 5. The van der Waals surface area contributed by atoms with Crippen LogP contribution in [0.1, 0.15) is 43.6 Å². The van der Waals surface area contributed by atoms with E-state index in [1.165, 1.54) is 16.2 Å². The van der Waals surface area contributed by atoms with E-state index in [2.05, 4.69) is 5.32 Å². The Morgan fingerprint density at radius 3 is 2.69 bits per heavy atom. The van der Waals surface area contributed by atoms with E-state index in [4.69, 9.17) is 4.74 Å². The number of hydrogen-bond acceptors (Lipinski definition) is 5. The average molecular weight is 372 g/mol. The Morgan fingerprint density at radius 2 is 2.00 bits per heavy atom. The Hall–Kier alpha value is -2.67. The highest BCUT2D eigenvalue weighted by atomic mass is 32.1. The second-order valence-electron chi connectivity index (χ2n) is 6.07. The van der Waals surface area contributed by atoms with Crippen molar-refractivity contribution in [1.82, 2.24) is 4.90 Å². The maximum absolute atomic E-state index is 12.5. The summed E-state index contributed by atoms with van der Waals surface area (Å²) in [6.07, 6.45) is 0. The zero-order chi connectivity index (χ0) is 18.8. The second-order valence-corrected chi connectivity index (χ2v) is 7.30. The Bertz CT molecular complexity index is 888. The second kappa shape index (κ2) is 7.29. The van der Waals surface area contributed by atoms with E-state index < -0.39 is 5.97 Å². The van der Waals surface area contributed by atoms with E-state index in [1.54, 1.807) is 13.0 Å². The minimum absolute atomic E-state index is 0.0637. The Labute approximate surface area is 155 Å². The molecule has 0 spiro atoms. The number of nitrogens with zero attached hydrogens (tertiary/aromatic N) is 1. The number of amides is 2. The fourth-order valence-corrected chi connectivity index (χ4v) is 4.01. The molecule has 1 aliphatic rings.